The van der Waals surface area contributed by atoms with Crippen molar-refractivity contribution in [3.05, 3.63) is 48.5 Å². The van der Waals surface area contributed by atoms with E-state index in [1.165, 1.54) is 0 Å². The van der Waals surface area contributed by atoms with Gasteiger partial charge in [-0.3, -0.25) is 0 Å². The van der Waals surface area contributed by atoms with Gasteiger partial charge in [-0.2, -0.15) is 10.2 Å². The zero-order valence-electron chi connectivity index (χ0n) is 24.8. The Bertz CT molecular complexity index is 842. The summed E-state index contributed by atoms with van der Waals surface area (Å²) in [5.74, 6) is 1.87. The second-order valence-corrected chi connectivity index (χ2v) is 22.8. The molecule has 0 aliphatic carbocycles. The van der Waals surface area contributed by atoms with Gasteiger partial charge in [-0.25, -0.2) is 0 Å². The van der Waals surface area contributed by atoms with Gasteiger partial charge in [-0.1, -0.05) is 83.1 Å². The Morgan fingerprint density at radius 3 is 0.833 bits per heavy atom. The molecule has 2 rings (SSSR count). The van der Waals surface area contributed by atoms with Gasteiger partial charge in [0.2, 0.25) is 0 Å². The molecule has 0 fully saturated rings. The van der Waals surface area contributed by atoms with Gasteiger partial charge >= 0.3 is 0 Å². The highest BCUT2D eigenvalue weighted by molar-refractivity contribution is 6.78. The minimum atomic E-state index is -1.96. The van der Waals surface area contributed by atoms with E-state index in [9.17, 15) is 0 Å². The van der Waals surface area contributed by atoms with Crippen molar-refractivity contribution in [3.8, 4) is 11.5 Å². The van der Waals surface area contributed by atoms with Crippen LogP contribution in [0.2, 0.25) is 33.2 Å². The first-order valence-corrected chi connectivity index (χ1v) is 18.0. The van der Waals surface area contributed by atoms with Crippen LogP contribution in [0.4, 0.5) is 11.4 Å². The molecule has 0 aliphatic rings. The van der Waals surface area contributed by atoms with Crippen molar-refractivity contribution in [1.82, 2.24) is 0 Å². The van der Waals surface area contributed by atoms with Crippen molar-refractivity contribution in [2.75, 3.05) is 0 Å². The third-order valence-corrected chi connectivity index (χ3v) is 20.0. The average Bonchev–Trinajstić information content (AvgIpc) is 2.79. The Balaban J connectivity index is 2.15. The smallest absolute Gasteiger partial charge is 0.258 e. The number of rotatable bonds is 12. The van der Waals surface area contributed by atoms with Crippen LogP contribution in [0.5, 0.6) is 11.5 Å². The van der Waals surface area contributed by atoms with Crippen LogP contribution in [-0.2, 0) is 0 Å². The topological polar surface area (TPSA) is 43.2 Å². The van der Waals surface area contributed by atoms with Crippen LogP contribution in [0.25, 0.3) is 0 Å². The summed E-state index contributed by atoms with van der Waals surface area (Å²) < 4.78 is 13.5. The molecule has 4 nitrogen and oxygen atoms in total. The highest BCUT2D eigenvalue weighted by Crippen LogP contribution is 2.44. The molecule has 0 atom stereocenters. The van der Waals surface area contributed by atoms with Crippen molar-refractivity contribution in [3.63, 3.8) is 0 Å². The van der Waals surface area contributed by atoms with Crippen LogP contribution in [-0.4, -0.2) is 16.6 Å². The van der Waals surface area contributed by atoms with Crippen LogP contribution in [0, 0.1) is 0 Å². The highest BCUT2D eigenvalue weighted by Gasteiger charge is 2.47. The third-order valence-electron chi connectivity index (χ3n) is 7.96. The van der Waals surface area contributed by atoms with E-state index in [4.69, 9.17) is 8.85 Å². The van der Waals surface area contributed by atoms with Gasteiger partial charge in [-0.15, -0.1) is 0 Å². The molecule has 0 unspecified atom stereocenters. The van der Waals surface area contributed by atoms with Gasteiger partial charge in [0, 0.05) is 0 Å². The van der Waals surface area contributed by atoms with Crippen molar-refractivity contribution in [1.29, 1.82) is 0 Å². The van der Waals surface area contributed by atoms with Crippen LogP contribution in [0.3, 0.4) is 0 Å². The van der Waals surface area contributed by atoms with Crippen LogP contribution >= 0.6 is 0 Å². The monoisotopic (exact) mass is 526 g/mol. The lowest BCUT2D eigenvalue weighted by molar-refractivity contribution is 0.479. The van der Waals surface area contributed by atoms with E-state index in [-0.39, 0.29) is 0 Å². The molecule has 6 heteroatoms. The standard InChI is InChI=1S/C30H50N2O2Si2/c1-21(2)35(22(3)4,23(5)6)33-29-17-13-27(14-18-29)31-32-28-15-19-30(20-16-28)34-36(24(7)8,25(9)10)26(11)12/h13-26H,1-12H3. The Morgan fingerprint density at radius 2 is 0.639 bits per heavy atom. The highest BCUT2D eigenvalue weighted by atomic mass is 28.4. The summed E-state index contributed by atoms with van der Waals surface area (Å²) in [6.45, 7) is 27.7. The van der Waals surface area contributed by atoms with E-state index in [1.807, 2.05) is 48.5 Å². The van der Waals surface area contributed by atoms with E-state index in [2.05, 4.69) is 93.3 Å². The second kappa shape index (κ2) is 12.5. The fraction of sp³-hybridized carbons (Fsp3) is 0.600. The quantitative estimate of drug-likeness (QED) is 0.204. The number of azo groups is 1. The molecule has 200 valence electrons. The fourth-order valence-electron chi connectivity index (χ4n) is 6.39. The van der Waals surface area contributed by atoms with Crippen molar-refractivity contribution < 1.29 is 8.85 Å². The maximum absolute atomic E-state index is 6.76. The summed E-state index contributed by atoms with van der Waals surface area (Å²) in [4.78, 5) is 0. The molecule has 0 heterocycles. The Kier molecular flexibility index (Phi) is 10.6. The molecule has 36 heavy (non-hydrogen) atoms. The van der Waals surface area contributed by atoms with E-state index >= 15 is 0 Å². The molecule has 0 amide bonds. The SMILES string of the molecule is CC(C)[Si](Oc1ccc(N=Nc2ccc(O[Si](C(C)C)(C(C)C)C(C)C)cc2)cc1)(C(C)C)C(C)C. The molecular weight excluding hydrogens is 477 g/mol. The molecule has 2 aromatic carbocycles. The van der Waals surface area contributed by atoms with Crippen LogP contribution < -0.4 is 8.85 Å². The average molecular weight is 527 g/mol. The van der Waals surface area contributed by atoms with E-state index in [1.54, 1.807) is 0 Å². The normalized spacial score (nSPS) is 13.3. The van der Waals surface area contributed by atoms with E-state index in [0.717, 1.165) is 22.9 Å². The zero-order chi connectivity index (χ0) is 27.3. The zero-order valence-corrected chi connectivity index (χ0v) is 26.8. The van der Waals surface area contributed by atoms with Gasteiger partial charge < -0.3 is 8.85 Å². The summed E-state index contributed by atoms with van der Waals surface area (Å²) in [7, 11) is -3.93. The summed E-state index contributed by atoms with van der Waals surface area (Å²) in [5.41, 5.74) is 4.88. The lowest BCUT2D eigenvalue weighted by atomic mass is 10.3. The van der Waals surface area contributed by atoms with Gasteiger partial charge in [-0.05, 0) is 81.8 Å². The van der Waals surface area contributed by atoms with Crippen molar-refractivity contribution in [2.24, 2.45) is 10.2 Å². The lowest BCUT2D eigenvalue weighted by Gasteiger charge is -2.42. The number of benzene rings is 2. The van der Waals surface area contributed by atoms with Crippen LogP contribution in [0.1, 0.15) is 83.1 Å². The minimum absolute atomic E-state index is 0.540. The summed E-state index contributed by atoms with van der Waals surface area (Å²) >= 11 is 0. The van der Waals surface area contributed by atoms with Gasteiger partial charge in [0.05, 0.1) is 11.4 Å². The van der Waals surface area contributed by atoms with Crippen LogP contribution in [0.15, 0.2) is 58.8 Å². The molecule has 0 bridgehead atoms. The van der Waals surface area contributed by atoms with Crippen molar-refractivity contribution >= 4 is 28.0 Å². The van der Waals surface area contributed by atoms with Gasteiger partial charge in [0.25, 0.3) is 16.6 Å². The Morgan fingerprint density at radius 1 is 0.417 bits per heavy atom. The minimum Gasteiger partial charge on any atom is -0.543 e. The fourth-order valence-corrected chi connectivity index (χ4v) is 16.9. The molecule has 0 saturated carbocycles. The molecule has 0 saturated heterocycles. The largest absolute Gasteiger partial charge is 0.543 e. The third kappa shape index (κ3) is 6.49. The molecule has 0 radical (unpaired) electrons. The summed E-state index contributed by atoms with van der Waals surface area (Å²) in [6, 6.07) is 16.1. The van der Waals surface area contributed by atoms with Crippen molar-refractivity contribution in [2.45, 2.75) is 116 Å². The van der Waals surface area contributed by atoms with Gasteiger partial charge in [0.15, 0.2) is 0 Å². The maximum Gasteiger partial charge on any atom is 0.258 e. The van der Waals surface area contributed by atoms with E-state index < -0.39 is 16.6 Å². The summed E-state index contributed by atoms with van der Waals surface area (Å²) in [6.07, 6.45) is 0. The molecule has 0 aromatic heterocycles. The first kappa shape index (κ1) is 30.3. The van der Waals surface area contributed by atoms with Gasteiger partial charge in [0.1, 0.15) is 11.5 Å². The number of nitrogens with zero attached hydrogens (tertiary/aromatic N) is 2. The second-order valence-electron chi connectivity index (χ2n) is 12.0. The van der Waals surface area contributed by atoms with E-state index in [0.29, 0.717) is 33.2 Å². The number of hydrogen-bond donors (Lipinski definition) is 0. The Labute approximate surface area is 223 Å². The maximum atomic E-state index is 6.76. The molecule has 0 spiro atoms. The predicted octanol–water partition coefficient (Wildman–Crippen LogP) is 11.2. The number of hydrogen-bond acceptors (Lipinski definition) is 4. The Hall–Kier alpha value is -1.93. The summed E-state index contributed by atoms with van der Waals surface area (Å²) in [5, 5.41) is 8.91. The lowest BCUT2D eigenvalue weighted by Crippen LogP contribution is -2.50. The molecule has 0 N–H and O–H groups in total. The molecular formula is C30H50N2O2Si2. The molecule has 0 aliphatic heterocycles. The predicted molar refractivity (Wildman–Crippen MR) is 160 cm³/mol. The first-order chi connectivity index (χ1) is 16.8. The first-order valence-electron chi connectivity index (χ1n) is 13.8. The molecule has 2 aromatic rings.